The average Bonchev–Trinajstić information content (AvgIpc) is 2.77. The first-order chi connectivity index (χ1) is 15.0. The fourth-order valence-electron chi connectivity index (χ4n) is 3.88. The monoisotopic (exact) mass is 424 g/mol. The molecule has 4 N–H and O–H groups in total. The molecule has 0 bridgehead atoms. The van der Waals surface area contributed by atoms with Crippen LogP contribution in [0.25, 0.3) is 0 Å². The number of nitrogens with one attached hydrogen (secondary N) is 1. The molecule has 1 aromatic heterocycles. The van der Waals surface area contributed by atoms with Crippen LogP contribution in [0.2, 0.25) is 0 Å². The summed E-state index contributed by atoms with van der Waals surface area (Å²) < 4.78 is 6.73. The van der Waals surface area contributed by atoms with Crippen molar-refractivity contribution < 1.29 is 20.1 Å². The summed E-state index contributed by atoms with van der Waals surface area (Å²) in [6.45, 7) is -0.257. The van der Waals surface area contributed by atoms with Crippen molar-refractivity contribution in [1.82, 2.24) is 9.55 Å². The molecule has 4 atom stereocenters. The molecule has 0 amide bonds. The summed E-state index contributed by atoms with van der Waals surface area (Å²) in [6.07, 6.45) is -5.05. The van der Waals surface area contributed by atoms with E-state index in [4.69, 9.17) is 4.74 Å². The van der Waals surface area contributed by atoms with Gasteiger partial charge in [0.25, 0.3) is 5.56 Å². The molecule has 31 heavy (non-hydrogen) atoms. The molecular formula is C23H24N2O6. The SMILES string of the molecule is O=c1[nH]c(=O)n([C@@H]2OC[C@@H](O)[C@H](O)[C@H]2O)c(Cc2ccccc2)c1Cc1ccccc1. The summed E-state index contributed by atoms with van der Waals surface area (Å²) in [6, 6.07) is 18.7. The van der Waals surface area contributed by atoms with Gasteiger partial charge in [-0.15, -0.1) is 0 Å². The predicted octanol–water partition coefficient (Wildman–Crippen LogP) is 0.330. The third-order valence-corrected chi connectivity index (χ3v) is 5.52. The molecule has 8 heteroatoms. The second-order valence-electron chi connectivity index (χ2n) is 7.65. The Bertz CT molecular complexity index is 1140. The minimum Gasteiger partial charge on any atom is -0.388 e. The number of aliphatic hydroxyl groups is 3. The lowest BCUT2D eigenvalue weighted by Gasteiger charge is -2.37. The smallest absolute Gasteiger partial charge is 0.330 e. The van der Waals surface area contributed by atoms with E-state index in [0.29, 0.717) is 11.3 Å². The van der Waals surface area contributed by atoms with E-state index in [2.05, 4.69) is 4.98 Å². The van der Waals surface area contributed by atoms with E-state index in [1.54, 1.807) is 0 Å². The van der Waals surface area contributed by atoms with E-state index in [0.717, 1.165) is 11.1 Å². The zero-order chi connectivity index (χ0) is 22.0. The van der Waals surface area contributed by atoms with Gasteiger partial charge in [-0.3, -0.25) is 14.3 Å². The molecule has 162 valence electrons. The number of benzene rings is 2. The topological polar surface area (TPSA) is 125 Å². The van der Waals surface area contributed by atoms with Crippen LogP contribution in [0, 0.1) is 0 Å². The van der Waals surface area contributed by atoms with E-state index in [1.165, 1.54) is 4.57 Å². The molecular weight excluding hydrogens is 400 g/mol. The summed E-state index contributed by atoms with van der Waals surface area (Å²) >= 11 is 0. The second kappa shape index (κ2) is 8.99. The number of hydrogen-bond donors (Lipinski definition) is 4. The first kappa shape index (κ1) is 21.2. The zero-order valence-electron chi connectivity index (χ0n) is 16.7. The van der Waals surface area contributed by atoms with E-state index < -0.39 is 35.8 Å². The Balaban J connectivity index is 1.88. The van der Waals surface area contributed by atoms with Crippen LogP contribution in [0.1, 0.15) is 28.6 Å². The van der Waals surface area contributed by atoms with Crippen molar-refractivity contribution in [1.29, 1.82) is 0 Å². The Labute approximate surface area is 178 Å². The summed E-state index contributed by atoms with van der Waals surface area (Å²) in [7, 11) is 0. The molecule has 1 aliphatic heterocycles. The van der Waals surface area contributed by atoms with Crippen molar-refractivity contribution >= 4 is 0 Å². The highest BCUT2D eigenvalue weighted by atomic mass is 16.5. The van der Waals surface area contributed by atoms with Gasteiger partial charge in [-0.05, 0) is 11.1 Å². The first-order valence-electron chi connectivity index (χ1n) is 10.1. The van der Waals surface area contributed by atoms with Crippen molar-refractivity contribution in [2.75, 3.05) is 6.61 Å². The number of ether oxygens (including phenoxy) is 1. The molecule has 0 saturated carbocycles. The van der Waals surface area contributed by atoms with Crippen LogP contribution in [-0.2, 0) is 17.6 Å². The fraction of sp³-hybridized carbons (Fsp3) is 0.304. The van der Waals surface area contributed by atoms with Gasteiger partial charge < -0.3 is 20.1 Å². The highest BCUT2D eigenvalue weighted by Crippen LogP contribution is 2.26. The summed E-state index contributed by atoms with van der Waals surface area (Å²) in [5.41, 5.74) is 1.24. The lowest BCUT2D eigenvalue weighted by Crippen LogP contribution is -2.53. The fourth-order valence-corrected chi connectivity index (χ4v) is 3.88. The first-order valence-corrected chi connectivity index (χ1v) is 10.1. The van der Waals surface area contributed by atoms with Gasteiger partial charge >= 0.3 is 5.69 Å². The summed E-state index contributed by atoms with van der Waals surface area (Å²) in [5.74, 6) is 0. The summed E-state index contributed by atoms with van der Waals surface area (Å²) in [4.78, 5) is 28.0. The average molecular weight is 424 g/mol. The Kier molecular flexibility index (Phi) is 6.15. The Morgan fingerprint density at radius 1 is 0.871 bits per heavy atom. The Hall–Kier alpha value is -3.04. The largest absolute Gasteiger partial charge is 0.388 e. The third kappa shape index (κ3) is 4.38. The van der Waals surface area contributed by atoms with Gasteiger partial charge in [-0.1, -0.05) is 60.7 Å². The maximum Gasteiger partial charge on any atom is 0.330 e. The minimum atomic E-state index is -1.55. The van der Waals surface area contributed by atoms with Crippen LogP contribution in [-0.4, -0.2) is 49.8 Å². The Morgan fingerprint density at radius 3 is 2.06 bits per heavy atom. The van der Waals surface area contributed by atoms with Crippen LogP contribution < -0.4 is 11.2 Å². The Morgan fingerprint density at radius 2 is 1.45 bits per heavy atom. The number of aromatic nitrogens is 2. The van der Waals surface area contributed by atoms with E-state index >= 15 is 0 Å². The number of H-pyrrole nitrogens is 1. The van der Waals surface area contributed by atoms with E-state index in [1.807, 2.05) is 60.7 Å². The quantitative estimate of drug-likeness (QED) is 0.468. The van der Waals surface area contributed by atoms with Crippen molar-refractivity contribution in [3.63, 3.8) is 0 Å². The predicted molar refractivity (Wildman–Crippen MR) is 113 cm³/mol. The number of aliphatic hydroxyl groups excluding tert-OH is 3. The molecule has 2 aromatic carbocycles. The van der Waals surface area contributed by atoms with Gasteiger partial charge in [0.15, 0.2) is 6.23 Å². The highest BCUT2D eigenvalue weighted by molar-refractivity contribution is 5.32. The number of hydrogen-bond acceptors (Lipinski definition) is 6. The van der Waals surface area contributed by atoms with Crippen LogP contribution in [0.3, 0.4) is 0 Å². The molecule has 1 fully saturated rings. The van der Waals surface area contributed by atoms with Crippen LogP contribution >= 0.6 is 0 Å². The number of nitrogens with zero attached hydrogens (tertiary/aromatic N) is 1. The molecule has 0 aliphatic carbocycles. The van der Waals surface area contributed by atoms with Crippen molar-refractivity contribution in [2.24, 2.45) is 0 Å². The zero-order valence-corrected chi connectivity index (χ0v) is 16.7. The molecule has 3 aromatic rings. The van der Waals surface area contributed by atoms with Crippen LogP contribution in [0.15, 0.2) is 70.3 Å². The molecule has 4 rings (SSSR count). The third-order valence-electron chi connectivity index (χ3n) is 5.52. The van der Waals surface area contributed by atoms with Gasteiger partial charge in [-0.25, -0.2) is 4.79 Å². The van der Waals surface area contributed by atoms with E-state index in [-0.39, 0.29) is 19.4 Å². The standard InChI is InChI=1S/C23H24N2O6/c26-18-13-31-22(20(28)19(18)27)25-17(12-15-9-5-2-6-10-15)16(21(29)24-23(25)30)11-14-7-3-1-4-8-14/h1-10,18-20,22,26-28H,11-13H2,(H,24,29,30)/t18-,19+,20-,22-/m1/s1. The molecule has 1 saturated heterocycles. The maximum absolute atomic E-state index is 12.9. The van der Waals surface area contributed by atoms with Crippen molar-refractivity contribution in [3.8, 4) is 0 Å². The number of aromatic amines is 1. The summed E-state index contributed by atoms with van der Waals surface area (Å²) in [5, 5.41) is 30.5. The molecule has 0 radical (unpaired) electrons. The molecule has 0 spiro atoms. The lowest BCUT2D eigenvalue weighted by atomic mass is 9.98. The molecule has 8 nitrogen and oxygen atoms in total. The van der Waals surface area contributed by atoms with Gasteiger partial charge in [-0.2, -0.15) is 0 Å². The van der Waals surface area contributed by atoms with Crippen LogP contribution in [0.4, 0.5) is 0 Å². The lowest BCUT2D eigenvalue weighted by molar-refractivity contribution is -0.212. The van der Waals surface area contributed by atoms with Crippen LogP contribution in [0.5, 0.6) is 0 Å². The maximum atomic E-state index is 12.9. The van der Waals surface area contributed by atoms with Gasteiger partial charge in [0.1, 0.15) is 18.3 Å². The number of rotatable bonds is 5. The molecule has 2 heterocycles. The minimum absolute atomic E-state index is 0.243. The normalized spacial score (nSPS) is 23.6. The highest BCUT2D eigenvalue weighted by Gasteiger charge is 2.40. The molecule has 1 aliphatic rings. The van der Waals surface area contributed by atoms with Gasteiger partial charge in [0.2, 0.25) is 0 Å². The van der Waals surface area contributed by atoms with Crippen molar-refractivity contribution in [3.05, 3.63) is 104 Å². The molecule has 0 unspecified atom stereocenters. The van der Waals surface area contributed by atoms with Crippen molar-refractivity contribution in [2.45, 2.75) is 37.4 Å². The van der Waals surface area contributed by atoms with E-state index in [9.17, 15) is 24.9 Å². The van der Waals surface area contributed by atoms with Gasteiger partial charge in [0.05, 0.1) is 6.61 Å². The van der Waals surface area contributed by atoms with Gasteiger partial charge in [0, 0.05) is 24.1 Å². The second-order valence-corrected chi connectivity index (χ2v) is 7.65.